The highest BCUT2D eigenvalue weighted by molar-refractivity contribution is 6.02. The fraction of sp³-hybridized carbons (Fsp3) is 0.409. The third-order valence-corrected chi connectivity index (χ3v) is 5.47. The summed E-state index contributed by atoms with van der Waals surface area (Å²) in [5, 5.41) is 9.80. The van der Waals surface area contributed by atoms with Crippen molar-refractivity contribution in [1.29, 1.82) is 0 Å². The van der Waals surface area contributed by atoms with Crippen LogP contribution in [0.5, 0.6) is 17.2 Å². The summed E-state index contributed by atoms with van der Waals surface area (Å²) in [7, 11) is 3.17. The lowest BCUT2D eigenvalue weighted by molar-refractivity contribution is 0.0957. The number of fused-ring (bicyclic) bond motifs is 1. The maximum Gasteiger partial charge on any atom is 0.203 e. The number of hydrogen-bond donors (Lipinski definition) is 1. The Kier molecular flexibility index (Phi) is 4.79. The molecule has 1 atom stereocenters. The van der Waals surface area contributed by atoms with Gasteiger partial charge in [0.15, 0.2) is 17.3 Å². The first-order valence-corrected chi connectivity index (χ1v) is 9.35. The first-order chi connectivity index (χ1) is 13.2. The van der Waals surface area contributed by atoms with Crippen molar-refractivity contribution in [2.75, 3.05) is 20.8 Å². The number of aliphatic hydroxyl groups is 1. The first kappa shape index (κ1) is 17.9. The highest BCUT2D eigenvalue weighted by Crippen LogP contribution is 2.48. The molecule has 1 N–H and O–H groups in total. The molecule has 5 heteroatoms. The van der Waals surface area contributed by atoms with E-state index >= 15 is 0 Å². The minimum Gasteiger partial charge on any atom is -0.493 e. The van der Waals surface area contributed by atoms with Crippen LogP contribution in [0.3, 0.4) is 0 Å². The molecule has 0 radical (unpaired) electrons. The minimum atomic E-state index is -0.275. The zero-order valence-electron chi connectivity index (χ0n) is 15.7. The number of benzene rings is 2. The van der Waals surface area contributed by atoms with E-state index in [9.17, 15) is 9.90 Å². The van der Waals surface area contributed by atoms with Gasteiger partial charge in [0.2, 0.25) is 5.75 Å². The fourth-order valence-electron chi connectivity index (χ4n) is 3.87. The summed E-state index contributed by atoms with van der Waals surface area (Å²) in [4.78, 5) is 12.2. The van der Waals surface area contributed by atoms with Crippen LogP contribution < -0.4 is 14.2 Å². The van der Waals surface area contributed by atoms with Gasteiger partial charge in [-0.1, -0.05) is 18.2 Å². The van der Waals surface area contributed by atoms with E-state index in [4.69, 9.17) is 14.2 Å². The molecule has 0 aliphatic heterocycles. The number of Topliss-reactive ketones (excluding diaryl/α,β-unsaturated/α-hetero) is 1. The van der Waals surface area contributed by atoms with Crippen LogP contribution in [0.4, 0.5) is 0 Å². The summed E-state index contributed by atoms with van der Waals surface area (Å²) in [6, 6.07) is 9.59. The smallest absolute Gasteiger partial charge is 0.203 e. The van der Waals surface area contributed by atoms with Crippen molar-refractivity contribution in [1.82, 2.24) is 0 Å². The molecule has 27 heavy (non-hydrogen) atoms. The lowest BCUT2D eigenvalue weighted by Crippen LogP contribution is -2.24. The molecule has 1 fully saturated rings. The highest BCUT2D eigenvalue weighted by Gasteiger charge is 2.34. The number of ether oxygens (including phenoxy) is 3. The maximum absolute atomic E-state index is 12.2. The van der Waals surface area contributed by atoms with Crippen LogP contribution in [0.15, 0.2) is 30.3 Å². The summed E-state index contributed by atoms with van der Waals surface area (Å²) in [6.07, 6.45) is 3.11. The van der Waals surface area contributed by atoms with E-state index < -0.39 is 0 Å². The molecular weight excluding hydrogens is 344 g/mol. The van der Waals surface area contributed by atoms with Gasteiger partial charge in [0.25, 0.3) is 0 Å². The van der Waals surface area contributed by atoms with Crippen molar-refractivity contribution in [3.63, 3.8) is 0 Å². The van der Waals surface area contributed by atoms with Gasteiger partial charge in [-0.3, -0.25) is 4.79 Å². The molecule has 2 aromatic rings. The van der Waals surface area contributed by atoms with E-state index in [1.165, 1.54) is 0 Å². The first-order valence-electron chi connectivity index (χ1n) is 9.35. The number of methoxy groups -OCH3 is 2. The van der Waals surface area contributed by atoms with Crippen LogP contribution in [-0.2, 0) is 6.42 Å². The van der Waals surface area contributed by atoms with E-state index in [1.807, 2.05) is 30.3 Å². The fourth-order valence-corrected chi connectivity index (χ4v) is 3.87. The van der Waals surface area contributed by atoms with E-state index in [1.54, 1.807) is 14.2 Å². The molecule has 1 saturated carbocycles. The molecule has 0 saturated heterocycles. The maximum atomic E-state index is 12.2. The lowest BCUT2D eigenvalue weighted by atomic mass is 9.95. The van der Waals surface area contributed by atoms with Crippen LogP contribution in [-0.4, -0.2) is 37.8 Å². The Hall–Kier alpha value is -2.53. The van der Waals surface area contributed by atoms with Gasteiger partial charge in [0.05, 0.1) is 20.8 Å². The van der Waals surface area contributed by atoms with Crippen molar-refractivity contribution in [3.8, 4) is 28.4 Å². The minimum absolute atomic E-state index is 0.0458. The molecule has 2 aliphatic carbocycles. The lowest BCUT2D eigenvalue weighted by Gasteiger charge is -2.23. The van der Waals surface area contributed by atoms with Crippen molar-refractivity contribution in [3.05, 3.63) is 41.5 Å². The monoisotopic (exact) mass is 368 g/mol. The number of rotatable bonds is 7. The Bertz CT molecular complexity index is 869. The quantitative estimate of drug-likeness (QED) is 0.808. The average Bonchev–Trinajstić information content (AvgIpc) is 3.48. The number of ketones is 1. The standard InChI is InChI=1S/C22H24O5/c1-25-19-11-9-17(14-4-3-5-16-15(14)8-10-18(16)24)21(22(19)26-2)27-20(12-23)13-6-7-13/h3-5,9,11,13,20,23H,6-8,10,12H2,1-2H3. The number of carbonyl (C=O) groups is 1. The van der Waals surface area contributed by atoms with Crippen LogP contribution in [0.1, 0.15) is 35.2 Å². The molecule has 2 aromatic carbocycles. The molecule has 2 aliphatic rings. The second-order valence-corrected chi connectivity index (χ2v) is 7.11. The molecule has 4 rings (SSSR count). The zero-order valence-corrected chi connectivity index (χ0v) is 15.7. The van der Waals surface area contributed by atoms with Gasteiger partial charge in [-0.25, -0.2) is 0 Å². The molecular formula is C22H24O5. The topological polar surface area (TPSA) is 65.0 Å². The van der Waals surface area contributed by atoms with Gasteiger partial charge in [0.1, 0.15) is 6.10 Å². The van der Waals surface area contributed by atoms with Crippen molar-refractivity contribution in [2.24, 2.45) is 5.92 Å². The largest absolute Gasteiger partial charge is 0.493 e. The molecule has 0 amide bonds. The van der Waals surface area contributed by atoms with E-state index in [0.29, 0.717) is 29.6 Å². The van der Waals surface area contributed by atoms with E-state index in [2.05, 4.69) is 0 Å². The normalized spacial score (nSPS) is 16.8. The summed E-state index contributed by atoms with van der Waals surface area (Å²) in [5.74, 6) is 2.20. The van der Waals surface area contributed by atoms with Crippen LogP contribution in [0.2, 0.25) is 0 Å². The number of aliphatic hydroxyl groups excluding tert-OH is 1. The Morgan fingerprint density at radius 3 is 2.44 bits per heavy atom. The second kappa shape index (κ2) is 7.24. The number of hydrogen-bond acceptors (Lipinski definition) is 5. The van der Waals surface area contributed by atoms with Crippen LogP contribution in [0.25, 0.3) is 11.1 Å². The number of carbonyl (C=O) groups excluding carboxylic acids is 1. The molecule has 5 nitrogen and oxygen atoms in total. The third kappa shape index (κ3) is 3.16. The van der Waals surface area contributed by atoms with Gasteiger partial charge in [-0.05, 0) is 48.4 Å². The summed E-state index contributed by atoms with van der Waals surface area (Å²) < 4.78 is 17.3. The molecule has 0 bridgehead atoms. The Balaban J connectivity index is 1.87. The SMILES string of the molecule is COc1ccc(-c2cccc3c2CCC3=O)c(OC(CO)C2CC2)c1OC. The van der Waals surface area contributed by atoms with Gasteiger partial charge >= 0.3 is 0 Å². The molecule has 0 aromatic heterocycles. The predicted octanol–water partition coefficient (Wildman–Crippen LogP) is 3.65. The van der Waals surface area contributed by atoms with Crippen LogP contribution in [0, 0.1) is 5.92 Å². The Morgan fingerprint density at radius 1 is 1.00 bits per heavy atom. The Morgan fingerprint density at radius 2 is 1.78 bits per heavy atom. The van der Waals surface area contributed by atoms with Gasteiger partial charge in [-0.2, -0.15) is 0 Å². The summed E-state index contributed by atoms with van der Waals surface area (Å²) in [5.41, 5.74) is 3.67. The van der Waals surface area contributed by atoms with Gasteiger partial charge < -0.3 is 19.3 Å². The van der Waals surface area contributed by atoms with Crippen molar-refractivity contribution in [2.45, 2.75) is 31.8 Å². The van der Waals surface area contributed by atoms with Crippen molar-refractivity contribution < 1.29 is 24.1 Å². The molecule has 0 heterocycles. The average molecular weight is 368 g/mol. The second-order valence-electron chi connectivity index (χ2n) is 7.11. The third-order valence-electron chi connectivity index (χ3n) is 5.47. The van der Waals surface area contributed by atoms with E-state index in [0.717, 1.165) is 41.5 Å². The van der Waals surface area contributed by atoms with Gasteiger partial charge in [-0.15, -0.1) is 0 Å². The molecule has 1 unspecified atom stereocenters. The summed E-state index contributed by atoms with van der Waals surface area (Å²) in [6.45, 7) is -0.0458. The van der Waals surface area contributed by atoms with E-state index in [-0.39, 0.29) is 18.5 Å². The van der Waals surface area contributed by atoms with Gasteiger partial charge in [0, 0.05) is 17.5 Å². The summed E-state index contributed by atoms with van der Waals surface area (Å²) >= 11 is 0. The Labute approximate surface area is 158 Å². The van der Waals surface area contributed by atoms with Crippen LogP contribution >= 0.6 is 0 Å². The molecule has 0 spiro atoms. The highest BCUT2D eigenvalue weighted by atomic mass is 16.5. The zero-order chi connectivity index (χ0) is 19.0. The molecule has 142 valence electrons. The van der Waals surface area contributed by atoms with Crippen molar-refractivity contribution >= 4 is 5.78 Å². The predicted molar refractivity (Wildman–Crippen MR) is 102 cm³/mol.